The van der Waals surface area contributed by atoms with E-state index in [-0.39, 0.29) is 17.4 Å². The molecule has 0 radical (unpaired) electrons. The molecule has 1 aromatic rings. The highest BCUT2D eigenvalue weighted by molar-refractivity contribution is 5.61. The number of nitrogens with zero attached hydrogens (tertiary/aromatic N) is 3. The third-order valence-electron chi connectivity index (χ3n) is 2.88. The molecule has 118 valence electrons. The Morgan fingerprint density at radius 2 is 1.90 bits per heavy atom. The fraction of sp³-hybridized carbons (Fsp3) is 0.714. The van der Waals surface area contributed by atoms with Crippen molar-refractivity contribution >= 4 is 11.5 Å². The van der Waals surface area contributed by atoms with Gasteiger partial charge in [0.25, 0.3) is 5.88 Å². The topological polar surface area (TPSA) is 90.2 Å². The third-order valence-corrected chi connectivity index (χ3v) is 2.88. The minimum absolute atomic E-state index is 0.0118. The molecular weight excluding hydrogens is 272 g/mol. The van der Waals surface area contributed by atoms with Gasteiger partial charge in [0.2, 0.25) is 5.82 Å². The van der Waals surface area contributed by atoms with Crippen LogP contribution >= 0.6 is 0 Å². The molecule has 1 rings (SSSR count). The van der Waals surface area contributed by atoms with E-state index in [4.69, 9.17) is 4.74 Å². The van der Waals surface area contributed by atoms with Crippen LogP contribution in [0.1, 0.15) is 39.9 Å². The zero-order valence-corrected chi connectivity index (χ0v) is 13.3. The molecule has 0 atom stereocenters. The van der Waals surface area contributed by atoms with Crippen LogP contribution in [0, 0.1) is 22.0 Å². The Balaban J connectivity index is 3.11. The van der Waals surface area contributed by atoms with E-state index in [1.54, 1.807) is 0 Å². The van der Waals surface area contributed by atoms with Gasteiger partial charge in [0, 0.05) is 13.0 Å². The molecule has 0 unspecified atom stereocenters. The Morgan fingerprint density at radius 3 is 2.38 bits per heavy atom. The van der Waals surface area contributed by atoms with Gasteiger partial charge in [-0.1, -0.05) is 27.7 Å². The number of methoxy groups -OCH3 is 1. The lowest BCUT2D eigenvalue weighted by Crippen LogP contribution is -2.13. The van der Waals surface area contributed by atoms with Crippen molar-refractivity contribution in [2.75, 3.05) is 19.0 Å². The summed E-state index contributed by atoms with van der Waals surface area (Å²) in [6.07, 6.45) is 1.55. The van der Waals surface area contributed by atoms with Gasteiger partial charge in [0.1, 0.15) is 5.82 Å². The van der Waals surface area contributed by atoms with E-state index in [1.165, 1.54) is 7.11 Å². The Bertz CT molecular complexity index is 489. The van der Waals surface area contributed by atoms with Gasteiger partial charge in [-0.05, 0) is 18.3 Å². The van der Waals surface area contributed by atoms with Crippen LogP contribution in [0.5, 0.6) is 5.88 Å². The standard InChI is InChI=1S/C14H24N4O3/c1-9(2)6-7-15-13-12(18(19)20)14(21-5)17-11(16-13)8-10(3)4/h9-10H,6-8H2,1-5H3,(H,15,16,17). The van der Waals surface area contributed by atoms with Crippen LogP contribution in [0.4, 0.5) is 11.5 Å². The first-order valence-corrected chi connectivity index (χ1v) is 7.18. The van der Waals surface area contributed by atoms with Crippen LogP contribution in [-0.4, -0.2) is 28.5 Å². The number of aromatic nitrogens is 2. The highest BCUT2D eigenvalue weighted by Gasteiger charge is 2.25. The van der Waals surface area contributed by atoms with E-state index in [9.17, 15) is 10.1 Å². The normalized spacial score (nSPS) is 11.0. The summed E-state index contributed by atoms with van der Waals surface area (Å²) < 4.78 is 5.06. The number of nitrogens with one attached hydrogen (secondary N) is 1. The third kappa shape index (κ3) is 5.17. The monoisotopic (exact) mass is 296 g/mol. The summed E-state index contributed by atoms with van der Waals surface area (Å²) in [5, 5.41) is 14.3. The molecule has 0 fully saturated rings. The molecule has 1 heterocycles. The Morgan fingerprint density at radius 1 is 1.24 bits per heavy atom. The minimum Gasteiger partial charge on any atom is -0.476 e. The number of hydrogen-bond acceptors (Lipinski definition) is 6. The highest BCUT2D eigenvalue weighted by Crippen LogP contribution is 2.32. The summed E-state index contributed by atoms with van der Waals surface area (Å²) in [6.45, 7) is 8.91. The lowest BCUT2D eigenvalue weighted by atomic mass is 10.1. The fourth-order valence-electron chi connectivity index (χ4n) is 1.84. The molecule has 0 aliphatic heterocycles. The van der Waals surface area contributed by atoms with Crippen molar-refractivity contribution in [3.8, 4) is 5.88 Å². The van der Waals surface area contributed by atoms with Gasteiger partial charge in [-0.15, -0.1) is 0 Å². The van der Waals surface area contributed by atoms with Gasteiger partial charge in [-0.2, -0.15) is 4.98 Å². The van der Waals surface area contributed by atoms with E-state index in [0.717, 1.165) is 6.42 Å². The van der Waals surface area contributed by atoms with Crippen LogP contribution in [0.3, 0.4) is 0 Å². The van der Waals surface area contributed by atoms with Gasteiger partial charge < -0.3 is 10.1 Å². The molecule has 0 aliphatic carbocycles. The second kappa shape index (κ2) is 7.75. The zero-order chi connectivity index (χ0) is 16.0. The largest absolute Gasteiger partial charge is 0.476 e. The Kier molecular flexibility index (Phi) is 6.33. The average Bonchev–Trinajstić information content (AvgIpc) is 2.36. The summed E-state index contributed by atoms with van der Waals surface area (Å²) in [5.74, 6) is 1.68. The van der Waals surface area contributed by atoms with Crippen LogP contribution in [0.2, 0.25) is 0 Å². The summed E-state index contributed by atoms with van der Waals surface area (Å²) in [7, 11) is 1.38. The predicted molar refractivity (Wildman–Crippen MR) is 81.7 cm³/mol. The molecule has 0 bridgehead atoms. The van der Waals surface area contributed by atoms with Crippen LogP contribution in [0.25, 0.3) is 0 Å². The van der Waals surface area contributed by atoms with Crippen LogP contribution < -0.4 is 10.1 Å². The SMILES string of the molecule is COc1nc(CC(C)C)nc(NCCC(C)C)c1[N+](=O)[O-]. The number of anilines is 1. The molecule has 21 heavy (non-hydrogen) atoms. The molecule has 0 spiro atoms. The smallest absolute Gasteiger partial charge is 0.372 e. The van der Waals surface area contributed by atoms with E-state index < -0.39 is 4.92 Å². The van der Waals surface area contributed by atoms with Gasteiger partial charge in [0.15, 0.2) is 0 Å². The molecule has 0 aliphatic rings. The maximum atomic E-state index is 11.2. The van der Waals surface area contributed by atoms with Crippen LogP contribution in [0.15, 0.2) is 0 Å². The van der Waals surface area contributed by atoms with E-state index >= 15 is 0 Å². The van der Waals surface area contributed by atoms with E-state index in [2.05, 4.69) is 29.1 Å². The summed E-state index contributed by atoms with van der Waals surface area (Å²) in [5.41, 5.74) is -0.200. The van der Waals surface area contributed by atoms with Gasteiger partial charge >= 0.3 is 5.69 Å². The molecule has 7 heteroatoms. The predicted octanol–water partition coefficient (Wildman–Crippen LogP) is 3.05. The van der Waals surface area contributed by atoms with Crippen molar-refractivity contribution in [1.82, 2.24) is 9.97 Å². The molecule has 0 saturated heterocycles. The lowest BCUT2D eigenvalue weighted by molar-refractivity contribution is -0.385. The second-order valence-electron chi connectivity index (χ2n) is 5.81. The molecule has 0 aromatic carbocycles. The molecule has 0 saturated carbocycles. The summed E-state index contributed by atoms with van der Waals surface area (Å²) in [4.78, 5) is 19.2. The molecular formula is C14H24N4O3. The highest BCUT2D eigenvalue weighted by atomic mass is 16.6. The number of nitro groups is 1. The average molecular weight is 296 g/mol. The first-order chi connectivity index (χ1) is 9.85. The number of hydrogen-bond donors (Lipinski definition) is 1. The van der Waals surface area contributed by atoms with Crippen molar-refractivity contribution in [2.24, 2.45) is 11.8 Å². The van der Waals surface area contributed by atoms with Gasteiger partial charge in [-0.25, -0.2) is 4.98 Å². The quantitative estimate of drug-likeness (QED) is 0.585. The maximum Gasteiger partial charge on any atom is 0.372 e. The Hall–Kier alpha value is -1.92. The van der Waals surface area contributed by atoms with Gasteiger partial charge in [0.05, 0.1) is 12.0 Å². The van der Waals surface area contributed by atoms with E-state index in [0.29, 0.717) is 30.6 Å². The molecule has 7 nitrogen and oxygen atoms in total. The summed E-state index contributed by atoms with van der Waals surface area (Å²) in [6, 6.07) is 0. The number of ether oxygens (including phenoxy) is 1. The maximum absolute atomic E-state index is 11.2. The molecule has 0 amide bonds. The van der Waals surface area contributed by atoms with Gasteiger partial charge in [-0.3, -0.25) is 10.1 Å². The summed E-state index contributed by atoms with van der Waals surface area (Å²) >= 11 is 0. The lowest BCUT2D eigenvalue weighted by Gasteiger charge is -2.12. The number of rotatable bonds is 8. The second-order valence-corrected chi connectivity index (χ2v) is 5.81. The fourth-order valence-corrected chi connectivity index (χ4v) is 1.84. The first kappa shape index (κ1) is 17.1. The van der Waals surface area contributed by atoms with E-state index in [1.807, 2.05) is 13.8 Å². The van der Waals surface area contributed by atoms with Crippen molar-refractivity contribution in [3.63, 3.8) is 0 Å². The first-order valence-electron chi connectivity index (χ1n) is 7.18. The molecule has 1 aromatic heterocycles. The Labute approximate surface area is 125 Å². The van der Waals surface area contributed by atoms with Crippen molar-refractivity contribution in [3.05, 3.63) is 15.9 Å². The van der Waals surface area contributed by atoms with Crippen molar-refractivity contribution in [2.45, 2.75) is 40.5 Å². The van der Waals surface area contributed by atoms with Crippen LogP contribution in [-0.2, 0) is 6.42 Å². The van der Waals surface area contributed by atoms with Crippen molar-refractivity contribution in [1.29, 1.82) is 0 Å². The molecule has 1 N–H and O–H groups in total. The zero-order valence-electron chi connectivity index (χ0n) is 13.3. The van der Waals surface area contributed by atoms with Crippen molar-refractivity contribution < 1.29 is 9.66 Å². The minimum atomic E-state index is -0.504.